The molecular formula is C16H21N5O3. The molecule has 0 spiro atoms. The van der Waals surface area contributed by atoms with Gasteiger partial charge in [0.05, 0.1) is 18.8 Å². The SMILES string of the molecule is Cc1cnn(CC2CCCN2C(=O)Cn2ccc(=O)n(C)c2=O)c1. The molecule has 0 radical (unpaired) electrons. The van der Waals surface area contributed by atoms with Crippen LogP contribution in [0.15, 0.2) is 34.2 Å². The molecule has 128 valence electrons. The fraction of sp³-hybridized carbons (Fsp3) is 0.500. The quantitative estimate of drug-likeness (QED) is 0.773. The molecule has 8 nitrogen and oxygen atoms in total. The van der Waals surface area contributed by atoms with Crippen molar-refractivity contribution >= 4 is 5.91 Å². The molecular weight excluding hydrogens is 310 g/mol. The third-order valence-corrected chi connectivity index (χ3v) is 4.42. The van der Waals surface area contributed by atoms with E-state index in [0.717, 1.165) is 23.0 Å². The standard InChI is InChI=1S/C16H21N5O3/c1-12-8-17-20(9-12)10-13-4-3-6-21(13)15(23)11-19-7-5-14(22)18(2)16(19)24/h5,7-9,13H,3-4,6,10-11H2,1-2H3. The second kappa shape index (κ2) is 6.46. The molecule has 2 aromatic rings. The van der Waals surface area contributed by atoms with Crippen LogP contribution >= 0.6 is 0 Å². The molecule has 0 saturated carbocycles. The summed E-state index contributed by atoms with van der Waals surface area (Å²) in [6.07, 6.45) is 7.00. The fourth-order valence-electron chi connectivity index (χ4n) is 3.11. The van der Waals surface area contributed by atoms with Crippen LogP contribution in [0, 0.1) is 6.92 Å². The number of rotatable bonds is 4. The first-order chi connectivity index (χ1) is 11.5. The molecule has 0 N–H and O–H groups in total. The van der Waals surface area contributed by atoms with Gasteiger partial charge in [0, 0.05) is 32.1 Å². The van der Waals surface area contributed by atoms with E-state index in [-0.39, 0.29) is 24.1 Å². The second-order valence-corrected chi connectivity index (χ2v) is 6.25. The van der Waals surface area contributed by atoms with Crippen molar-refractivity contribution in [3.63, 3.8) is 0 Å². The molecule has 8 heteroatoms. The number of amides is 1. The van der Waals surface area contributed by atoms with Crippen LogP contribution in [-0.4, -0.2) is 42.3 Å². The predicted octanol–water partition coefficient (Wildman–Crippen LogP) is -0.257. The van der Waals surface area contributed by atoms with Gasteiger partial charge in [-0.15, -0.1) is 0 Å². The molecule has 1 atom stereocenters. The highest BCUT2D eigenvalue weighted by molar-refractivity contribution is 5.76. The van der Waals surface area contributed by atoms with Crippen molar-refractivity contribution in [2.24, 2.45) is 7.05 Å². The average molecular weight is 331 g/mol. The maximum absolute atomic E-state index is 12.6. The number of hydrogen-bond acceptors (Lipinski definition) is 4. The van der Waals surface area contributed by atoms with Crippen LogP contribution in [-0.2, 0) is 24.9 Å². The van der Waals surface area contributed by atoms with Crippen molar-refractivity contribution in [1.29, 1.82) is 0 Å². The Kier molecular flexibility index (Phi) is 4.37. The van der Waals surface area contributed by atoms with E-state index >= 15 is 0 Å². The molecule has 2 aromatic heterocycles. The summed E-state index contributed by atoms with van der Waals surface area (Å²) in [5, 5.41) is 4.28. The zero-order chi connectivity index (χ0) is 17.3. The highest BCUT2D eigenvalue weighted by Crippen LogP contribution is 2.19. The first-order valence-corrected chi connectivity index (χ1v) is 8.00. The van der Waals surface area contributed by atoms with Gasteiger partial charge >= 0.3 is 5.69 Å². The Balaban J connectivity index is 1.73. The van der Waals surface area contributed by atoms with Crippen molar-refractivity contribution in [3.8, 4) is 0 Å². The van der Waals surface area contributed by atoms with Gasteiger partial charge in [-0.25, -0.2) is 4.79 Å². The average Bonchev–Trinajstić information content (AvgIpc) is 3.17. The van der Waals surface area contributed by atoms with Gasteiger partial charge in [0.1, 0.15) is 6.54 Å². The van der Waals surface area contributed by atoms with E-state index in [1.165, 1.54) is 23.9 Å². The van der Waals surface area contributed by atoms with E-state index in [0.29, 0.717) is 13.1 Å². The van der Waals surface area contributed by atoms with E-state index in [9.17, 15) is 14.4 Å². The Morgan fingerprint density at radius 2 is 2.17 bits per heavy atom. The molecule has 1 aliphatic heterocycles. The van der Waals surface area contributed by atoms with Crippen LogP contribution in [0.3, 0.4) is 0 Å². The molecule has 1 saturated heterocycles. The van der Waals surface area contributed by atoms with Crippen molar-refractivity contribution < 1.29 is 4.79 Å². The maximum atomic E-state index is 12.6. The summed E-state index contributed by atoms with van der Waals surface area (Å²) in [7, 11) is 1.41. The molecule has 0 aromatic carbocycles. The van der Waals surface area contributed by atoms with Crippen LogP contribution in [0.1, 0.15) is 18.4 Å². The largest absolute Gasteiger partial charge is 0.336 e. The number of nitrogens with zero attached hydrogens (tertiary/aromatic N) is 5. The molecule has 1 fully saturated rings. The number of aryl methyl sites for hydroxylation is 1. The first kappa shape index (κ1) is 16.2. The Morgan fingerprint density at radius 1 is 1.38 bits per heavy atom. The molecule has 0 bridgehead atoms. The highest BCUT2D eigenvalue weighted by Gasteiger charge is 2.29. The molecule has 24 heavy (non-hydrogen) atoms. The van der Waals surface area contributed by atoms with E-state index in [4.69, 9.17) is 0 Å². The summed E-state index contributed by atoms with van der Waals surface area (Å²) in [6.45, 7) is 3.26. The van der Waals surface area contributed by atoms with Crippen LogP contribution in [0.2, 0.25) is 0 Å². The number of carbonyl (C=O) groups excluding carboxylic acids is 1. The Hall–Kier alpha value is -2.64. The van der Waals surface area contributed by atoms with Gasteiger partial charge in [-0.05, 0) is 25.3 Å². The minimum absolute atomic E-state index is 0.0540. The van der Waals surface area contributed by atoms with Crippen molar-refractivity contribution in [2.45, 2.75) is 38.9 Å². The van der Waals surface area contributed by atoms with Gasteiger partial charge in [0.25, 0.3) is 5.56 Å². The lowest BCUT2D eigenvalue weighted by atomic mass is 10.2. The first-order valence-electron chi connectivity index (χ1n) is 8.00. The zero-order valence-electron chi connectivity index (χ0n) is 13.9. The second-order valence-electron chi connectivity index (χ2n) is 6.25. The summed E-state index contributed by atoms with van der Waals surface area (Å²) < 4.78 is 4.13. The lowest BCUT2D eigenvalue weighted by molar-refractivity contribution is -0.133. The molecule has 1 amide bonds. The van der Waals surface area contributed by atoms with E-state index < -0.39 is 5.69 Å². The lowest BCUT2D eigenvalue weighted by Gasteiger charge is -2.25. The molecule has 1 aliphatic rings. The van der Waals surface area contributed by atoms with E-state index in [1.807, 2.05) is 22.7 Å². The van der Waals surface area contributed by atoms with E-state index in [1.54, 1.807) is 6.20 Å². The molecule has 1 unspecified atom stereocenters. The third-order valence-electron chi connectivity index (χ3n) is 4.42. The maximum Gasteiger partial charge on any atom is 0.331 e. The summed E-state index contributed by atoms with van der Waals surface area (Å²) >= 11 is 0. The van der Waals surface area contributed by atoms with Gasteiger partial charge in [-0.2, -0.15) is 5.10 Å². The minimum Gasteiger partial charge on any atom is -0.336 e. The molecule has 0 aliphatic carbocycles. The molecule has 3 rings (SSSR count). The van der Waals surface area contributed by atoms with Crippen molar-refractivity contribution in [3.05, 3.63) is 51.1 Å². The van der Waals surface area contributed by atoms with Crippen molar-refractivity contribution in [2.75, 3.05) is 6.54 Å². The van der Waals surface area contributed by atoms with E-state index in [2.05, 4.69) is 5.10 Å². The van der Waals surface area contributed by atoms with Gasteiger partial charge in [0.15, 0.2) is 0 Å². The lowest BCUT2D eigenvalue weighted by Crippen LogP contribution is -2.44. The Labute approximate surface area is 138 Å². The van der Waals surface area contributed by atoms with Gasteiger partial charge in [-0.3, -0.25) is 23.4 Å². The van der Waals surface area contributed by atoms with Crippen LogP contribution in [0.4, 0.5) is 0 Å². The number of hydrogen-bond donors (Lipinski definition) is 0. The minimum atomic E-state index is -0.478. The van der Waals surface area contributed by atoms with Gasteiger partial charge < -0.3 is 4.90 Å². The molecule has 3 heterocycles. The van der Waals surface area contributed by atoms with Crippen LogP contribution in [0.25, 0.3) is 0 Å². The normalized spacial score (nSPS) is 17.4. The van der Waals surface area contributed by atoms with Gasteiger partial charge in [-0.1, -0.05) is 0 Å². The number of likely N-dealkylation sites (tertiary alicyclic amines) is 1. The third kappa shape index (κ3) is 3.17. The predicted molar refractivity (Wildman–Crippen MR) is 87.6 cm³/mol. The Bertz CT molecular complexity index is 863. The monoisotopic (exact) mass is 331 g/mol. The van der Waals surface area contributed by atoms with Crippen LogP contribution < -0.4 is 11.2 Å². The van der Waals surface area contributed by atoms with Crippen molar-refractivity contribution in [1.82, 2.24) is 23.8 Å². The van der Waals surface area contributed by atoms with Crippen LogP contribution in [0.5, 0.6) is 0 Å². The van der Waals surface area contributed by atoms with Gasteiger partial charge in [0.2, 0.25) is 5.91 Å². The number of carbonyl (C=O) groups is 1. The summed E-state index contributed by atoms with van der Waals surface area (Å²) in [5.74, 6) is -0.109. The smallest absolute Gasteiger partial charge is 0.331 e. The summed E-state index contributed by atoms with van der Waals surface area (Å²) in [4.78, 5) is 37.9. The Morgan fingerprint density at radius 3 is 2.88 bits per heavy atom. The highest BCUT2D eigenvalue weighted by atomic mass is 16.2. The fourth-order valence-corrected chi connectivity index (χ4v) is 3.11. The number of aromatic nitrogens is 4. The topological polar surface area (TPSA) is 82.1 Å². The summed E-state index contributed by atoms with van der Waals surface area (Å²) in [5.41, 5.74) is 0.230. The zero-order valence-corrected chi connectivity index (χ0v) is 13.9. The summed E-state index contributed by atoms with van der Waals surface area (Å²) in [6, 6.07) is 1.38.